The van der Waals surface area contributed by atoms with E-state index in [9.17, 15) is 34.5 Å². The Balaban J connectivity index is 2.72. The van der Waals surface area contributed by atoms with E-state index in [0.717, 1.165) is 83.5 Å². The summed E-state index contributed by atoms with van der Waals surface area (Å²) in [5, 5.41) is 31.3. The largest absolute Gasteiger partial charge is 0.479 e. The molecule has 1 rings (SSSR count). The van der Waals surface area contributed by atoms with Crippen molar-refractivity contribution in [3.63, 3.8) is 0 Å². The summed E-state index contributed by atoms with van der Waals surface area (Å²) in [5.74, 6) is -3.11. The number of hydrogen-bond acceptors (Lipinski definition) is 11. The van der Waals surface area contributed by atoms with Crippen molar-refractivity contribution >= 4 is 23.9 Å². The maximum Gasteiger partial charge on any atom is 0.335 e. The van der Waals surface area contributed by atoms with E-state index in [1.807, 2.05) is 0 Å². The smallest absolute Gasteiger partial charge is 0.335 e. The van der Waals surface area contributed by atoms with Crippen LogP contribution in [0.5, 0.6) is 0 Å². The average Bonchev–Trinajstić information content (AvgIpc) is 3.29. The maximum atomic E-state index is 13.0. The summed E-state index contributed by atoms with van der Waals surface area (Å²) in [4.78, 5) is 50.8. The predicted octanol–water partition coefficient (Wildman–Crippen LogP) is 12.6. The van der Waals surface area contributed by atoms with Gasteiger partial charge in [-0.3, -0.25) is 14.4 Å². The van der Waals surface area contributed by atoms with E-state index in [2.05, 4.69) is 32.9 Å². The molecule has 1 aliphatic heterocycles. The second-order valence-corrected chi connectivity index (χ2v) is 18.5. The Labute approximate surface area is 395 Å². The number of carboxylic acid groups (broad SMARTS) is 1. The molecule has 1 fully saturated rings. The van der Waals surface area contributed by atoms with Crippen LogP contribution in [0.2, 0.25) is 0 Å². The molecule has 0 aromatic heterocycles. The fourth-order valence-corrected chi connectivity index (χ4v) is 8.17. The van der Waals surface area contributed by atoms with Gasteiger partial charge in [0.2, 0.25) is 0 Å². The number of allylic oxidation sites excluding steroid dienone is 2. The van der Waals surface area contributed by atoms with Gasteiger partial charge in [0, 0.05) is 19.3 Å². The van der Waals surface area contributed by atoms with E-state index in [0.29, 0.717) is 19.3 Å². The quantitative estimate of drug-likeness (QED) is 0.0228. The number of aliphatic hydroxyl groups excluding tert-OH is 2. The topological polar surface area (TPSA) is 175 Å². The lowest BCUT2D eigenvalue weighted by atomic mass is 9.98. The molecule has 12 heteroatoms. The number of carboxylic acids is 1. The molecule has 6 atom stereocenters. The molecule has 65 heavy (non-hydrogen) atoms. The third-order valence-electron chi connectivity index (χ3n) is 12.3. The predicted molar refractivity (Wildman–Crippen MR) is 257 cm³/mol. The van der Waals surface area contributed by atoms with Crippen molar-refractivity contribution in [3.05, 3.63) is 12.2 Å². The molecular weight excluding hydrogens is 829 g/mol. The number of ether oxygens (including phenoxy) is 5. The van der Waals surface area contributed by atoms with Crippen molar-refractivity contribution in [2.24, 2.45) is 0 Å². The van der Waals surface area contributed by atoms with Crippen LogP contribution in [0.15, 0.2) is 12.2 Å². The Morgan fingerprint density at radius 1 is 0.492 bits per heavy atom. The van der Waals surface area contributed by atoms with Crippen LogP contribution in [-0.2, 0) is 42.9 Å². The highest BCUT2D eigenvalue weighted by Gasteiger charge is 2.50. The van der Waals surface area contributed by atoms with Crippen molar-refractivity contribution in [2.75, 3.05) is 13.2 Å². The van der Waals surface area contributed by atoms with Gasteiger partial charge in [0.15, 0.2) is 24.6 Å². The van der Waals surface area contributed by atoms with Crippen molar-refractivity contribution in [2.45, 2.75) is 289 Å². The lowest BCUT2D eigenvalue weighted by Gasteiger charge is -2.40. The summed E-state index contributed by atoms with van der Waals surface area (Å²) in [6, 6.07) is 0. The minimum Gasteiger partial charge on any atom is -0.479 e. The zero-order valence-corrected chi connectivity index (χ0v) is 41.5. The second kappa shape index (κ2) is 42.8. The third kappa shape index (κ3) is 33.6. The molecule has 0 aliphatic carbocycles. The SMILES string of the molecule is CCCC/C=C\CCCCCCCC(=O)OC(COC(=O)CCCCCCCCCCCCCCC)COC1OC(C(=O)O)C(O)C(O)C1OC(=O)CCCCCCCCCCCCC. The Hall–Kier alpha value is -2.54. The first-order valence-corrected chi connectivity index (χ1v) is 26.7. The van der Waals surface area contributed by atoms with Crippen LogP contribution in [-0.4, -0.2) is 89.2 Å². The maximum absolute atomic E-state index is 13.0. The van der Waals surface area contributed by atoms with Gasteiger partial charge in [-0.05, 0) is 38.5 Å². The Bertz CT molecular complexity index is 1190. The number of hydrogen-bond donors (Lipinski definition) is 3. The standard InChI is InChI=1S/C53H96O12/c1-4-7-10-13-16-19-22-23-26-27-30-33-36-39-45(54)61-42-44(63-46(55)40-37-34-31-28-24-20-17-14-11-8-5-2)43-62-53-51(49(58)48(57)50(65-53)52(59)60)64-47(56)41-38-35-32-29-25-21-18-15-12-9-6-3/h14,17,44,48-51,53,57-58H,4-13,15-16,18-43H2,1-3H3,(H,59,60)/b17-14-. The first-order chi connectivity index (χ1) is 31.6. The van der Waals surface area contributed by atoms with Crippen molar-refractivity contribution < 1.29 is 58.2 Å². The molecular formula is C53H96O12. The Kier molecular flexibility index (Phi) is 39.8. The van der Waals surface area contributed by atoms with Crippen LogP contribution >= 0.6 is 0 Å². The van der Waals surface area contributed by atoms with Gasteiger partial charge in [0.05, 0.1) is 6.61 Å². The minimum atomic E-state index is -1.89. The fourth-order valence-electron chi connectivity index (χ4n) is 8.17. The van der Waals surface area contributed by atoms with E-state index >= 15 is 0 Å². The lowest BCUT2D eigenvalue weighted by molar-refractivity contribution is -0.301. The molecule has 0 amide bonds. The molecule has 0 aromatic rings. The van der Waals surface area contributed by atoms with E-state index < -0.39 is 67.3 Å². The summed E-state index contributed by atoms with van der Waals surface area (Å²) in [6.07, 6.45) is 32.0. The zero-order valence-electron chi connectivity index (χ0n) is 41.5. The number of aliphatic hydroxyl groups is 2. The first kappa shape index (κ1) is 60.5. The molecule has 3 N–H and O–H groups in total. The molecule has 0 spiro atoms. The zero-order chi connectivity index (χ0) is 47.6. The highest BCUT2D eigenvalue weighted by Crippen LogP contribution is 2.26. The molecule has 0 radical (unpaired) electrons. The van der Waals surface area contributed by atoms with Crippen LogP contribution in [0.4, 0.5) is 0 Å². The summed E-state index contributed by atoms with van der Waals surface area (Å²) in [6.45, 7) is 5.93. The molecule has 1 aliphatic rings. The summed E-state index contributed by atoms with van der Waals surface area (Å²) >= 11 is 0. The van der Waals surface area contributed by atoms with Crippen LogP contribution in [0.25, 0.3) is 0 Å². The fraction of sp³-hybridized carbons (Fsp3) is 0.887. The van der Waals surface area contributed by atoms with Gasteiger partial charge in [0.1, 0.15) is 18.8 Å². The Morgan fingerprint density at radius 3 is 1.35 bits per heavy atom. The Morgan fingerprint density at radius 2 is 0.892 bits per heavy atom. The number of esters is 3. The van der Waals surface area contributed by atoms with E-state index in [1.165, 1.54) is 109 Å². The normalized spacial score (nSPS) is 19.1. The molecule has 0 saturated carbocycles. The minimum absolute atomic E-state index is 0.0664. The van der Waals surface area contributed by atoms with Crippen molar-refractivity contribution in [1.82, 2.24) is 0 Å². The van der Waals surface area contributed by atoms with E-state index in [-0.39, 0.29) is 25.9 Å². The van der Waals surface area contributed by atoms with Gasteiger partial charge >= 0.3 is 23.9 Å². The summed E-state index contributed by atoms with van der Waals surface area (Å²) < 4.78 is 28.3. The summed E-state index contributed by atoms with van der Waals surface area (Å²) in [5.41, 5.74) is 0. The molecule has 6 unspecified atom stereocenters. The lowest BCUT2D eigenvalue weighted by Crippen LogP contribution is -2.61. The van der Waals surface area contributed by atoms with Gasteiger partial charge in [-0.1, -0.05) is 206 Å². The number of rotatable bonds is 45. The molecule has 12 nitrogen and oxygen atoms in total. The van der Waals surface area contributed by atoms with E-state index in [4.69, 9.17) is 23.7 Å². The highest BCUT2D eigenvalue weighted by atomic mass is 16.7. The van der Waals surface area contributed by atoms with Gasteiger partial charge in [-0.2, -0.15) is 0 Å². The monoisotopic (exact) mass is 925 g/mol. The molecule has 380 valence electrons. The van der Waals surface area contributed by atoms with Crippen molar-refractivity contribution in [3.8, 4) is 0 Å². The van der Waals surface area contributed by atoms with Crippen LogP contribution in [0.3, 0.4) is 0 Å². The number of unbranched alkanes of at least 4 members (excludes halogenated alkanes) is 29. The number of aliphatic carboxylic acids is 1. The number of carbonyl (C=O) groups excluding carboxylic acids is 3. The highest BCUT2D eigenvalue weighted by molar-refractivity contribution is 5.74. The van der Waals surface area contributed by atoms with Gasteiger partial charge in [0.25, 0.3) is 0 Å². The number of carbonyl (C=O) groups is 4. The average molecular weight is 925 g/mol. The van der Waals surface area contributed by atoms with Gasteiger partial charge in [-0.15, -0.1) is 0 Å². The second-order valence-electron chi connectivity index (χ2n) is 18.5. The first-order valence-electron chi connectivity index (χ1n) is 26.7. The molecule has 1 saturated heterocycles. The van der Waals surface area contributed by atoms with Crippen molar-refractivity contribution in [1.29, 1.82) is 0 Å². The van der Waals surface area contributed by atoms with Crippen LogP contribution < -0.4 is 0 Å². The molecule has 0 aromatic carbocycles. The van der Waals surface area contributed by atoms with Crippen LogP contribution in [0, 0.1) is 0 Å². The van der Waals surface area contributed by atoms with Crippen LogP contribution in [0.1, 0.15) is 252 Å². The van der Waals surface area contributed by atoms with E-state index in [1.54, 1.807) is 0 Å². The molecule has 1 heterocycles. The van der Waals surface area contributed by atoms with Gasteiger partial charge in [-0.25, -0.2) is 4.79 Å². The molecule has 0 bridgehead atoms. The van der Waals surface area contributed by atoms with Gasteiger partial charge < -0.3 is 39.0 Å². The third-order valence-corrected chi connectivity index (χ3v) is 12.3. The summed E-state index contributed by atoms with van der Waals surface area (Å²) in [7, 11) is 0.